The lowest BCUT2D eigenvalue weighted by atomic mass is 10.2. The molecule has 0 bridgehead atoms. The maximum Gasteiger partial charge on any atom is 0.241 e. The van der Waals surface area contributed by atoms with Crippen molar-refractivity contribution >= 4 is 11.6 Å². The first kappa shape index (κ1) is 13.7. The summed E-state index contributed by atoms with van der Waals surface area (Å²) in [5.41, 5.74) is 0.675. The van der Waals surface area contributed by atoms with Gasteiger partial charge in [0, 0.05) is 6.07 Å². The molecule has 1 fully saturated rings. The minimum absolute atomic E-state index is 0.0171. The predicted octanol–water partition coefficient (Wildman–Crippen LogP) is 1.74. The summed E-state index contributed by atoms with van der Waals surface area (Å²) in [4.78, 5) is 14.3. The van der Waals surface area contributed by atoms with E-state index in [1.807, 2.05) is 7.05 Å². The third kappa shape index (κ3) is 2.98. The first-order valence-electron chi connectivity index (χ1n) is 6.39. The second-order valence-electron chi connectivity index (χ2n) is 4.69. The number of hydrogen-bond donors (Lipinski definition) is 1. The van der Waals surface area contributed by atoms with E-state index >= 15 is 0 Å². The molecule has 1 aliphatic heterocycles. The molecule has 1 aliphatic rings. The molecule has 0 spiro atoms. The van der Waals surface area contributed by atoms with Gasteiger partial charge in [-0.25, -0.2) is 0 Å². The summed E-state index contributed by atoms with van der Waals surface area (Å²) in [6, 6.07) is 5.31. The zero-order chi connectivity index (χ0) is 13.8. The fraction of sp³-hybridized carbons (Fsp3) is 0.500. The number of ether oxygens (including phenoxy) is 2. The Kier molecular flexibility index (Phi) is 4.27. The number of likely N-dealkylation sites (tertiary alicyclic amines) is 1. The fourth-order valence-corrected chi connectivity index (χ4v) is 2.36. The number of carbonyl (C=O) groups is 1. The molecule has 0 radical (unpaired) electrons. The van der Waals surface area contributed by atoms with Crippen LogP contribution in [0.5, 0.6) is 11.5 Å². The summed E-state index contributed by atoms with van der Waals surface area (Å²) in [6.45, 7) is 0.970. The number of hydrogen-bond acceptors (Lipinski definition) is 4. The molecule has 1 aromatic carbocycles. The van der Waals surface area contributed by atoms with E-state index in [2.05, 4.69) is 10.2 Å². The van der Waals surface area contributed by atoms with Crippen LogP contribution in [0.15, 0.2) is 18.2 Å². The number of benzene rings is 1. The summed E-state index contributed by atoms with van der Waals surface area (Å²) >= 11 is 0. The van der Waals surface area contributed by atoms with E-state index < -0.39 is 0 Å². The highest BCUT2D eigenvalue weighted by Gasteiger charge is 2.28. The van der Waals surface area contributed by atoms with Gasteiger partial charge in [-0.1, -0.05) is 0 Å². The van der Waals surface area contributed by atoms with Crippen molar-refractivity contribution in [3.05, 3.63) is 18.2 Å². The average molecular weight is 264 g/mol. The van der Waals surface area contributed by atoms with Crippen molar-refractivity contribution in [2.24, 2.45) is 0 Å². The lowest BCUT2D eigenvalue weighted by Gasteiger charge is -2.19. The molecule has 2 rings (SSSR count). The van der Waals surface area contributed by atoms with Crippen molar-refractivity contribution < 1.29 is 14.3 Å². The van der Waals surface area contributed by atoms with Crippen LogP contribution < -0.4 is 14.8 Å². The van der Waals surface area contributed by atoms with Crippen LogP contribution in [-0.4, -0.2) is 44.7 Å². The van der Waals surface area contributed by atoms with Crippen molar-refractivity contribution in [3.63, 3.8) is 0 Å². The summed E-state index contributed by atoms with van der Waals surface area (Å²) < 4.78 is 10.4. The van der Waals surface area contributed by atoms with E-state index in [1.54, 1.807) is 32.4 Å². The Morgan fingerprint density at radius 2 is 2.16 bits per heavy atom. The van der Waals surface area contributed by atoms with E-state index in [-0.39, 0.29) is 11.9 Å². The molecule has 1 amide bonds. The molecule has 104 valence electrons. The van der Waals surface area contributed by atoms with Crippen LogP contribution in [0, 0.1) is 0 Å². The summed E-state index contributed by atoms with van der Waals surface area (Å²) in [5.74, 6) is 1.32. The molecule has 5 nitrogen and oxygen atoms in total. The number of methoxy groups -OCH3 is 2. The van der Waals surface area contributed by atoms with Gasteiger partial charge in [0.05, 0.1) is 25.9 Å². The third-order valence-electron chi connectivity index (χ3n) is 3.49. The number of nitrogens with one attached hydrogen (secondary N) is 1. The second-order valence-corrected chi connectivity index (χ2v) is 4.69. The van der Waals surface area contributed by atoms with Crippen LogP contribution in [0.25, 0.3) is 0 Å². The molecule has 19 heavy (non-hydrogen) atoms. The number of anilines is 1. The van der Waals surface area contributed by atoms with Gasteiger partial charge in [0.2, 0.25) is 5.91 Å². The van der Waals surface area contributed by atoms with Crippen LogP contribution >= 0.6 is 0 Å². The Labute approximate surface area is 113 Å². The molecule has 0 saturated carbocycles. The second kappa shape index (κ2) is 5.93. The van der Waals surface area contributed by atoms with E-state index in [4.69, 9.17) is 9.47 Å². The van der Waals surface area contributed by atoms with Crippen LogP contribution in [0.1, 0.15) is 12.8 Å². The van der Waals surface area contributed by atoms with Crippen molar-refractivity contribution in [2.45, 2.75) is 18.9 Å². The smallest absolute Gasteiger partial charge is 0.241 e. The Bertz CT molecular complexity index is 462. The SMILES string of the molecule is COc1ccc(NC(=O)C2CCCN2C)c(OC)c1. The summed E-state index contributed by atoms with van der Waals surface area (Å²) in [7, 11) is 5.15. The molecule has 0 aromatic heterocycles. The van der Waals surface area contributed by atoms with Crippen LogP contribution in [0.4, 0.5) is 5.69 Å². The van der Waals surface area contributed by atoms with E-state index in [9.17, 15) is 4.79 Å². The number of carbonyl (C=O) groups excluding carboxylic acids is 1. The lowest BCUT2D eigenvalue weighted by Crippen LogP contribution is -2.37. The standard InChI is InChI=1S/C14H20N2O3/c1-16-8-4-5-12(16)14(17)15-11-7-6-10(18-2)9-13(11)19-3/h6-7,9,12H,4-5,8H2,1-3H3,(H,15,17). The maximum atomic E-state index is 12.2. The molecule has 1 aromatic rings. The Balaban J connectivity index is 2.12. The van der Waals surface area contributed by atoms with Crippen molar-refractivity contribution in [3.8, 4) is 11.5 Å². The Morgan fingerprint density at radius 3 is 2.74 bits per heavy atom. The van der Waals surface area contributed by atoms with Gasteiger partial charge in [-0.15, -0.1) is 0 Å². The largest absolute Gasteiger partial charge is 0.497 e. The van der Waals surface area contributed by atoms with Crippen LogP contribution in [0.3, 0.4) is 0 Å². The third-order valence-corrected chi connectivity index (χ3v) is 3.49. The highest BCUT2D eigenvalue weighted by Crippen LogP contribution is 2.29. The van der Waals surface area contributed by atoms with Gasteiger partial charge in [-0.2, -0.15) is 0 Å². The van der Waals surface area contributed by atoms with Gasteiger partial charge in [0.25, 0.3) is 0 Å². The molecular formula is C14H20N2O3. The number of likely N-dealkylation sites (N-methyl/N-ethyl adjacent to an activating group) is 1. The highest BCUT2D eigenvalue weighted by molar-refractivity contribution is 5.96. The van der Waals surface area contributed by atoms with Crippen LogP contribution in [0.2, 0.25) is 0 Å². The molecule has 1 saturated heterocycles. The minimum atomic E-state index is -0.0493. The van der Waals surface area contributed by atoms with E-state index in [0.717, 1.165) is 19.4 Å². The van der Waals surface area contributed by atoms with Gasteiger partial charge in [0.15, 0.2) is 0 Å². The molecule has 0 aliphatic carbocycles. The van der Waals surface area contributed by atoms with E-state index in [1.165, 1.54) is 0 Å². The topological polar surface area (TPSA) is 50.8 Å². The monoisotopic (exact) mass is 264 g/mol. The Hall–Kier alpha value is -1.75. The number of rotatable bonds is 4. The zero-order valence-electron chi connectivity index (χ0n) is 11.6. The number of amides is 1. The molecule has 1 heterocycles. The molecule has 1 atom stereocenters. The van der Waals surface area contributed by atoms with Gasteiger partial charge in [-0.3, -0.25) is 9.69 Å². The van der Waals surface area contributed by atoms with Crippen LogP contribution in [-0.2, 0) is 4.79 Å². The predicted molar refractivity (Wildman–Crippen MR) is 73.8 cm³/mol. The number of nitrogens with zero attached hydrogens (tertiary/aromatic N) is 1. The van der Waals surface area contributed by atoms with Gasteiger partial charge in [-0.05, 0) is 38.6 Å². The highest BCUT2D eigenvalue weighted by atomic mass is 16.5. The van der Waals surface area contributed by atoms with E-state index in [0.29, 0.717) is 17.2 Å². The van der Waals surface area contributed by atoms with Crippen molar-refractivity contribution in [1.82, 2.24) is 4.90 Å². The first-order chi connectivity index (χ1) is 9.15. The minimum Gasteiger partial charge on any atom is -0.497 e. The first-order valence-corrected chi connectivity index (χ1v) is 6.39. The quantitative estimate of drug-likeness (QED) is 0.900. The summed E-state index contributed by atoms with van der Waals surface area (Å²) in [6.07, 6.45) is 1.97. The van der Waals surface area contributed by atoms with Gasteiger partial charge >= 0.3 is 0 Å². The van der Waals surface area contributed by atoms with Crippen molar-refractivity contribution in [1.29, 1.82) is 0 Å². The molecule has 1 unspecified atom stereocenters. The molecule has 5 heteroatoms. The average Bonchev–Trinajstić information content (AvgIpc) is 2.85. The maximum absolute atomic E-state index is 12.2. The Morgan fingerprint density at radius 1 is 1.37 bits per heavy atom. The van der Waals surface area contributed by atoms with Crippen molar-refractivity contribution in [2.75, 3.05) is 33.1 Å². The lowest BCUT2D eigenvalue weighted by molar-refractivity contribution is -0.119. The molecule has 1 N–H and O–H groups in total. The summed E-state index contributed by atoms with van der Waals surface area (Å²) in [5, 5.41) is 2.92. The fourth-order valence-electron chi connectivity index (χ4n) is 2.36. The van der Waals surface area contributed by atoms with Gasteiger partial charge < -0.3 is 14.8 Å². The van der Waals surface area contributed by atoms with Gasteiger partial charge in [0.1, 0.15) is 11.5 Å². The molecular weight excluding hydrogens is 244 g/mol. The normalized spacial score (nSPS) is 19.2. The zero-order valence-corrected chi connectivity index (χ0v) is 11.6.